The van der Waals surface area contributed by atoms with E-state index in [0.29, 0.717) is 32.3 Å². The normalized spacial score (nSPS) is 13.9. The summed E-state index contributed by atoms with van der Waals surface area (Å²) in [6, 6.07) is 10.7. The molecule has 1 unspecified atom stereocenters. The summed E-state index contributed by atoms with van der Waals surface area (Å²) in [4.78, 5) is 26.9. The van der Waals surface area contributed by atoms with Gasteiger partial charge in [-0.15, -0.1) is 0 Å². The van der Waals surface area contributed by atoms with Gasteiger partial charge in [-0.3, -0.25) is 14.2 Å². The monoisotopic (exact) mass is 435 g/mol. The summed E-state index contributed by atoms with van der Waals surface area (Å²) in [5.74, 6) is -0.000140. The molecule has 1 aromatic heterocycles. The largest absolute Gasteiger partial charge is 0.507 e. The number of fused-ring (bicyclic) bond motifs is 3. The van der Waals surface area contributed by atoms with Gasteiger partial charge in [-0.1, -0.05) is 38.0 Å². The highest BCUT2D eigenvalue weighted by Gasteiger charge is 2.29. The van der Waals surface area contributed by atoms with E-state index < -0.39 is 0 Å². The van der Waals surface area contributed by atoms with Crippen molar-refractivity contribution in [2.75, 3.05) is 0 Å². The molecule has 5 nitrogen and oxygen atoms in total. The van der Waals surface area contributed by atoms with Crippen LogP contribution in [0.2, 0.25) is 0 Å². The predicted molar refractivity (Wildman–Crippen MR) is 134 cm³/mol. The Labute approximate surface area is 187 Å². The molecule has 0 bridgehead atoms. The van der Waals surface area contributed by atoms with Gasteiger partial charge in [-0.2, -0.15) is 0 Å². The second-order valence-corrected chi connectivity index (χ2v) is 9.43. The molecule has 0 saturated heterocycles. The first-order chi connectivity index (χ1) is 15.9. The maximum absolute atomic E-state index is 13.7. The number of nitrogens with zero attached hydrogens (tertiary/aromatic N) is 1. The Kier molecular flexibility index (Phi) is 3.36. The lowest BCUT2D eigenvalue weighted by molar-refractivity contribution is 0.376. The molecule has 7 rings (SSSR count). The van der Waals surface area contributed by atoms with E-state index in [2.05, 4.69) is 6.92 Å². The Bertz CT molecular complexity index is 1980. The second kappa shape index (κ2) is 5.93. The molecule has 0 amide bonds. The Hall–Kier alpha value is -3.86. The van der Waals surface area contributed by atoms with Gasteiger partial charge in [-0.05, 0) is 53.1 Å². The van der Waals surface area contributed by atoms with Crippen molar-refractivity contribution >= 4 is 64.6 Å². The van der Waals surface area contributed by atoms with Gasteiger partial charge in [0.25, 0.3) is 5.56 Å². The van der Waals surface area contributed by atoms with Crippen molar-refractivity contribution in [2.45, 2.75) is 39.2 Å². The van der Waals surface area contributed by atoms with Crippen LogP contribution in [-0.2, 0) is 0 Å². The summed E-state index contributed by atoms with van der Waals surface area (Å²) in [6.45, 7) is 4.03. The molecule has 6 aromatic carbocycles. The zero-order chi connectivity index (χ0) is 22.8. The number of hydrogen-bond donors (Lipinski definition) is 2. The van der Waals surface area contributed by atoms with Gasteiger partial charge < -0.3 is 10.2 Å². The highest BCUT2D eigenvalue weighted by Crippen LogP contribution is 2.52. The first kappa shape index (κ1) is 18.7. The Balaban J connectivity index is 1.84. The molecule has 0 radical (unpaired) electrons. The molecular weight excluding hydrogens is 414 g/mol. The van der Waals surface area contributed by atoms with Gasteiger partial charge in [0.05, 0.1) is 10.8 Å². The van der Waals surface area contributed by atoms with E-state index in [0.717, 1.165) is 51.6 Å². The lowest BCUT2D eigenvalue weighted by Gasteiger charge is -2.13. The summed E-state index contributed by atoms with van der Waals surface area (Å²) in [5, 5.41) is 31.1. The summed E-state index contributed by atoms with van der Waals surface area (Å²) >= 11 is 0. The average Bonchev–Trinajstić information content (AvgIpc) is 3.29. The third kappa shape index (κ3) is 2.00. The number of phenols is 1. The zero-order valence-corrected chi connectivity index (χ0v) is 18.3. The molecule has 0 saturated carbocycles. The van der Waals surface area contributed by atoms with E-state index >= 15 is 0 Å². The van der Waals surface area contributed by atoms with Crippen LogP contribution in [0.15, 0.2) is 46.0 Å². The molecule has 0 spiro atoms. The quantitative estimate of drug-likeness (QED) is 0.330. The molecule has 2 N–H and O–H groups in total. The SMILES string of the molecule is CCCCC(C)n1c(O)c2c3cc(=O)c4ccc5ccc6c(O)cc(c2c1=O)c1c6c5c4c31. The van der Waals surface area contributed by atoms with Gasteiger partial charge in [0.15, 0.2) is 5.43 Å². The van der Waals surface area contributed by atoms with Crippen LogP contribution in [0.3, 0.4) is 0 Å². The van der Waals surface area contributed by atoms with Crippen molar-refractivity contribution in [3.63, 3.8) is 0 Å². The molecule has 0 aliphatic rings. The van der Waals surface area contributed by atoms with Crippen LogP contribution in [0.5, 0.6) is 11.6 Å². The van der Waals surface area contributed by atoms with Crippen molar-refractivity contribution in [3.05, 3.63) is 57.0 Å². The minimum absolute atomic E-state index is 0.0953. The van der Waals surface area contributed by atoms with E-state index in [9.17, 15) is 19.8 Å². The van der Waals surface area contributed by atoms with Gasteiger partial charge in [-0.25, -0.2) is 0 Å². The molecule has 7 aromatic rings. The fraction of sp³-hybridized carbons (Fsp3) is 0.214. The number of benzene rings is 5. The number of aromatic nitrogens is 1. The standard InChI is InChI=1S/C28H21NO4/c1-3-4-5-12(2)29-27(32)25-16-10-18(30)14-8-6-13-7-9-15-19(31)11-17(26(25)28(29)33)24-22(15)20(13)21(14)23(16)24/h6-12,30,33H,3-5H2,1-2H3. The molecule has 162 valence electrons. The zero-order valence-electron chi connectivity index (χ0n) is 18.3. The molecular formula is C28H21NO4. The maximum atomic E-state index is 13.7. The topological polar surface area (TPSA) is 79.5 Å². The Morgan fingerprint density at radius 1 is 0.788 bits per heavy atom. The first-order valence-electron chi connectivity index (χ1n) is 11.5. The molecule has 33 heavy (non-hydrogen) atoms. The Morgan fingerprint density at radius 3 is 2.15 bits per heavy atom. The van der Waals surface area contributed by atoms with Crippen molar-refractivity contribution in [1.82, 2.24) is 4.57 Å². The fourth-order valence-electron chi connectivity index (χ4n) is 6.21. The van der Waals surface area contributed by atoms with Crippen LogP contribution in [-0.4, -0.2) is 14.8 Å². The van der Waals surface area contributed by atoms with Crippen LogP contribution in [0, 0.1) is 0 Å². The molecule has 0 aliphatic carbocycles. The predicted octanol–water partition coefficient (Wildman–Crippen LogP) is 6.04. The van der Waals surface area contributed by atoms with Crippen molar-refractivity contribution in [3.8, 4) is 11.6 Å². The van der Waals surface area contributed by atoms with Crippen molar-refractivity contribution < 1.29 is 10.2 Å². The first-order valence-corrected chi connectivity index (χ1v) is 11.5. The molecule has 0 fully saturated rings. The summed E-state index contributed by atoms with van der Waals surface area (Å²) in [6.07, 6.45) is 2.71. The minimum atomic E-state index is -0.276. The van der Waals surface area contributed by atoms with Gasteiger partial charge in [0.1, 0.15) is 5.75 Å². The highest BCUT2D eigenvalue weighted by atomic mass is 16.3. The minimum Gasteiger partial charge on any atom is -0.507 e. The summed E-state index contributed by atoms with van der Waals surface area (Å²) < 4.78 is 1.46. The summed E-state index contributed by atoms with van der Waals surface area (Å²) in [5.41, 5.74) is -0.407. The van der Waals surface area contributed by atoms with E-state index in [4.69, 9.17) is 0 Å². The Morgan fingerprint density at radius 2 is 1.42 bits per heavy atom. The van der Waals surface area contributed by atoms with Gasteiger partial charge in [0, 0.05) is 38.4 Å². The number of aromatic hydroxyl groups is 2. The van der Waals surface area contributed by atoms with Crippen LogP contribution in [0.25, 0.3) is 64.6 Å². The van der Waals surface area contributed by atoms with Gasteiger partial charge in [0.2, 0.25) is 5.88 Å². The lowest BCUT2D eigenvalue weighted by atomic mass is 9.94. The van der Waals surface area contributed by atoms with Crippen LogP contribution in [0.4, 0.5) is 0 Å². The van der Waals surface area contributed by atoms with Crippen molar-refractivity contribution in [1.29, 1.82) is 0 Å². The van der Waals surface area contributed by atoms with Crippen LogP contribution in [0.1, 0.15) is 39.2 Å². The van der Waals surface area contributed by atoms with E-state index in [-0.39, 0.29) is 28.7 Å². The maximum Gasteiger partial charge on any atom is 0.262 e. The smallest absolute Gasteiger partial charge is 0.262 e. The molecule has 1 atom stereocenters. The third-order valence-corrected chi connectivity index (χ3v) is 7.66. The number of phenolic OH excluding ortho intramolecular Hbond substituents is 1. The van der Waals surface area contributed by atoms with E-state index in [1.807, 2.05) is 31.2 Å². The number of rotatable bonds is 4. The van der Waals surface area contributed by atoms with E-state index in [1.165, 1.54) is 4.57 Å². The molecule has 0 aliphatic heterocycles. The van der Waals surface area contributed by atoms with Gasteiger partial charge >= 0.3 is 0 Å². The number of hydrogen-bond acceptors (Lipinski definition) is 4. The lowest BCUT2D eigenvalue weighted by Crippen LogP contribution is -2.18. The fourth-order valence-corrected chi connectivity index (χ4v) is 6.21. The van der Waals surface area contributed by atoms with E-state index in [1.54, 1.807) is 12.1 Å². The second-order valence-electron chi connectivity index (χ2n) is 9.43. The summed E-state index contributed by atoms with van der Waals surface area (Å²) in [7, 11) is 0. The molecule has 5 heteroatoms. The number of unbranched alkanes of at least 4 members (excludes halogenated alkanes) is 1. The average molecular weight is 435 g/mol. The van der Waals surface area contributed by atoms with Crippen LogP contribution >= 0.6 is 0 Å². The van der Waals surface area contributed by atoms with Crippen molar-refractivity contribution in [2.24, 2.45) is 0 Å². The molecule has 1 heterocycles. The van der Waals surface area contributed by atoms with Crippen LogP contribution < -0.4 is 11.0 Å². The third-order valence-electron chi connectivity index (χ3n) is 7.66. The highest BCUT2D eigenvalue weighted by molar-refractivity contribution is 6.48.